The molecule has 2 aromatic carbocycles. The van der Waals surface area contributed by atoms with E-state index in [4.69, 9.17) is 14.1 Å². The van der Waals surface area contributed by atoms with Crippen molar-refractivity contribution in [1.29, 1.82) is 0 Å². The lowest BCUT2D eigenvalue weighted by Gasteiger charge is -2.10. The van der Waals surface area contributed by atoms with Crippen LogP contribution >= 0.6 is 11.3 Å². The van der Waals surface area contributed by atoms with Gasteiger partial charge in [0.2, 0.25) is 0 Å². The van der Waals surface area contributed by atoms with E-state index in [1.54, 1.807) is 18.4 Å². The average molecular weight is 389 g/mol. The summed E-state index contributed by atoms with van der Waals surface area (Å²) < 4.78 is 14.5. The van der Waals surface area contributed by atoms with E-state index in [-0.39, 0.29) is 0 Å². The van der Waals surface area contributed by atoms with Gasteiger partial charge in [0.15, 0.2) is 16.4 Å². The van der Waals surface area contributed by atoms with Gasteiger partial charge >= 0.3 is 0 Å². The Kier molecular flexibility index (Phi) is 3.87. The van der Waals surface area contributed by atoms with Crippen LogP contribution in [0.2, 0.25) is 0 Å². The summed E-state index contributed by atoms with van der Waals surface area (Å²) in [5, 5.41) is 3.59. The lowest BCUT2D eigenvalue weighted by Crippen LogP contribution is -1.98. The second-order valence-electron chi connectivity index (χ2n) is 6.71. The quantitative estimate of drug-likeness (QED) is 0.399. The second kappa shape index (κ2) is 6.42. The molecule has 0 amide bonds. The molecule has 0 unspecified atom stereocenters. The van der Waals surface area contributed by atoms with Crippen LogP contribution in [0.1, 0.15) is 11.3 Å². The molecule has 0 aliphatic carbocycles. The summed E-state index contributed by atoms with van der Waals surface area (Å²) >= 11 is 1.63. The number of aryl methyl sites for hydroxylation is 2. The Morgan fingerprint density at radius 1 is 1.07 bits per heavy atom. The largest absolute Gasteiger partial charge is 0.497 e. The van der Waals surface area contributed by atoms with Gasteiger partial charge in [0.05, 0.1) is 17.3 Å². The first-order valence-corrected chi connectivity index (χ1v) is 9.84. The van der Waals surface area contributed by atoms with E-state index >= 15 is 0 Å². The maximum Gasteiger partial charge on any atom is 0.197 e. The molecular formula is C22H19N3O2S. The van der Waals surface area contributed by atoms with Crippen molar-refractivity contribution in [3.63, 3.8) is 0 Å². The van der Waals surface area contributed by atoms with Gasteiger partial charge in [-0.15, -0.1) is 0 Å². The van der Waals surface area contributed by atoms with Crippen molar-refractivity contribution < 1.29 is 9.15 Å². The number of anilines is 2. The Morgan fingerprint density at radius 2 is 1.93 bits per heavy atom. The zero-order valence-electron chi connectivity index (χ0n) is 15.8. The zero-order valence-corrected chi connectivity index (χ0v) is 16.6. The third kappa shape index (κ3) is 2.65. The molecule has 0 atom stereocenters. The fraction of sp³-hybridized carbons (Fsp3) is 0.136. The summed E-state index contributed by atoms with van der Waals surface area (Å²) in [5.74, 6) is 3.36. The Labute approximate surface area is 166 Å². The van der Waals surface area contributed by atoms with E-state index in [1.807, 2.05) is 43.3 Å². The molecule has 3 heterocycles. The predicted octanol–water partition coefficient (Wildman–Crippen LogP) is 6.18. The maximum absolute atomic E-state index is 5.89. The minimum Gasteiger partial charge on any atom is -0.497 e. The highest BCUT2D eigenvalue weighted by molar-refractivity contribution is 7.23. The van der Waals surface area contributed by atoms with Gasteiger partial charge in [0, 0.05) is 5.69 Å². The van der Waals surface area contributed by atoms with Crippen molar-refractivity contribution in [2.75, 3.05) is 12.4 Å². The van der Waals surface area contributed by atoms with Crippen LogP contribution in [0.25, 0.3) is 26.6 Å². The first-order valence-electron chi connectivity index (χ1n) is 9.02. The van der Waals surface area contributed by atoms with E-state index in [9.17, 15) is 0 Å². The standard InChI is InChI=1S/C22H19N3O2S/c1-13-6-4-5-7-16(13)23-21-20(18-11-8-14(2)27-18)24-22-25(21)17-10-9-15(26-3)12-19(17)28-22/h4-12,23H,1-3H3. The zero-order chi connectivity index (χ0) is 19.3. The number of imidazole rings is 1. The molecule has 5 rings (SSSR count). The van der Waals surface area contributed by atoms with Crippen LogP contribution in [0.5, 0.6) is 5.75 Å². The summed E-state index contributed by atoms with van der Waals surface area (Å²) in [5.41, 5.74) is 4.10. The number of nitrogens with zero attached hydrogens (tertiary/aromatic N) is 2. The van der Waals surface area contributed by atoms with Crippen molar-refractivity contribution in [3.05, 3.63) is 65.9 Å². The van der Waals surface area contributed by atoms with E-state index in [2.05, 4.69) is 34.8 Å². The summed E-state index contributed by atoms with van der Waals surface area (Å²) in [6.45, 7) is 4.03. The monoisotopic (exact) mass is 389 g/mol. The molecule has 0 spiro atoms. The molecule has 6 heteroatoms. The smallest absolute Gasteiger partial charge is 0.197 e. The van der Waals surface area contributed by atoms with Gasteiger partial charge in [-0.2, -0.15) is 0 Å². The van der Waals surface area contributed by atoms with Crippen LogP contribution in [-0.2, 0) is 0 Å². The summed E-state index contributed by atoms with van der Waals surface area (Å²) in [4.78, 5) is 5.81. The van der Waals surface area contributed by atoms with Gasteiger partial charge in [0.1, 0.15) is 17.3 Å². The van der Waals surface area contributed by atoms with E-state index in [1.165, 1.54) is 5.56 Å². The number of benzene rings is 2. The molecule has 0 aliphatic heterocycles. The molecule has 0 saturated heterocycles. The van der Waals surface area contributed by atoms with Crippen LogP contribution < -0.4 is 10.1 Å². The number of rotatable bonds is 4. The topological polar surface area (TPSA) is 51.7 Å². The molecule has 0 saturated carbocycles. The van der Waals surface area contributed by atoms with Crippen molar-refractivity contribution in [3.8, 4) is 17.2 Å². The number of hydrogen-bond acceptors (Lipinski definition) is 5. The molecule has 140 valence electrons. The van der Waals surface area contributed by atoms with Gasteiger partial charge in [-0.05, 0) is 55.8 Å². The first kappa shape index (κ1) is 16.9. The number of nitrogens with one attached hydrogen (secondary N) is 1. The van der Waals surface area contributed by atoms with Gasteiger partial charge in [0.25, 0.3) is 0 Å². The number of ether oxygens (including phenoxy) is 1. The highest BCUT2D eigenvalue weighted by Crippen LogP contribution is 2.39. The Hall–Kier alpha value is -3.25. The van der Waals surface area contributed by atoms with Crippen molar-refractivity contribution in [1.82, 2.24) is 9.38 Å². The SMILES string of the molecule is COc1ccc2c(c1)sc1nc(-c3ccc(C)o3)c(Nc3ccccc3C)n12. The van der Waals surface area contributed by atoms with E-state index < -0.39 is 0 Å². The van der Waals surface area contributed by atoms with Crippen LogP contribution in [-0.4, -0.2) is 16.5 Å². The number of thiazole rings is 1. The van der Waals surface area contributed by atoms with Crippen molar-refractivity contribution in [2.24, 2.45) is 0 Å². The molecule has 0 fully saturated rings. The molecule has 28 heavy (non-hydrogen) atoms. The molecule has 0 aliphatic rings. The number of methoxy groups -OCH3 is 1. The maximum atomic E-state index is 5.89. The number of fused-ring (bicyclic) bond motifs is 3. The molecular weight excluding hydrogens is 370 g/mol. The Balaban J connectivity index is 1.78. The van der Waals surface area contributed by atoms with Crippen LogP contribution in [0, 0.1) is 13.8 Å². The Bertz CT molecular complexity index is 1310. The van der Waals surface area contributed by atoms with Crippen LogP contribution in [0.15, 0.2) is 59.0 Å². The molecule has 0 radical (unpaired) electrons. The lowest BCUT2D eigenvalue weighted by atomic mass is 10.2. The van der Waals surface area contributed by atoms with Gasteiger partial charge < -0.3 is 14.5 Å². The van der Waals surface area contributed by atoms with Gasteiger partial charge in [-0.25, -0.2) is 4.98 Å². The Morgan fingerprint density at radius 3 is 2.68 bits per heavy atom. The molecule has 0 bridgehead atoms. The number of furan rings is 1. The lowest BCUT2D eigenvalue weighted by molar-refractivity contribution is 0.415. The second-order valence-corrected chi connectivity index (χ2v) is 7.72. The summed E-state index contributed by atoms with van der Waals surface area (Å²) in [7, 11) is 1.68. The number of para-hydroxylation sites is 1. The van der Waals surface area contributed by atoms with Crippen molar-refractivity contribution in [2.45, 2.75) is 13.8 Å². The minimum absolute atomic E-state index is 0.756. The molecule has 1 N–H and O–H groups in total. The number of aromatic nitrogens is 2. The highest BCUT2D eigenvalue weighted by atomic mass is 32.1. The normalized spacial score (nSPS) is 11.4. The fourth-order valence-corrected chi connectivity index (χ4v) is 4.42. The fourth-order valence-electron chi connectivity index (χ4n) is 3.37. The van der Waals surface area contributed by atoms with E-state index in [0.29, 0.717) is 0 Å². The summed E-state index contributed by atoms with van der Waals surface area (Å²) in [6, 6.07) is 18.2. The predicted molar refractivity (Wildman–Crippen MR) is 114 cm³/mol. The minimum atomic E-state index is 0.756. The van der Waals surface area contributed by atoms with Gasteiger partial charge in [-0.1, -0.05) is 29.5 Å². The number of hydrogen-bond donors (Lipinski definition) is 1. The van der Waals surface area contributed by atoms with E-state index in [0.717, 1.165) is 49.6 Å². The third-order valence-corrected chi connectivity index (χ3v) is 5.83. The van der Waals surface area contributed by atoms with Crippen LogP contribution in [0.3, 0.4) is 0 Å². The average Bonchev–Trinajstić information content (AvgIpc) is 3.37. The molecule has 5 aromatic rings. The van der Waals surface area contributed by atoms with Crippen LogP contribution in [0.4, 0.5) is 11.5 Å². The third-order valence-electron chi connectivity index (χ3n) is 4.83. The highest BCUT2D eigenvalue weighted by Gasteiger charge is 2.21. The first-order chi connectivity index (χ1) is 13.6. The molecule has 3 aromatic heterocycles. The molecule has 5 nitrogen and oxygen atoms in total. The van der Waals surface area contributed by atoms with Gasteiger partial charge in [-0.3, -0.25) is 4.40 Å². The summed E-state index contributed by atoms with van der Waals surface area (Å²) in [6.07, 6.45) is 0. The van der Waals surface area contributed by atoms with Crippen molar-refractivity contribution >= 4 is 38.0 Å².